The van der Waals surface area contributed by atoms with Gasteiger partial charge >= 0.3 is 0 Å². The van der Waals surface area contributed by atoms with E-state index in [0.29, 0.717) is 0 Å². The van der Waals surface area contributed by atoms with Gasteiger partial charge in [0.2, 0.25) is 0 Å². The fraction of sp³-hybridized carbons (Fsp3) is 0.294. The SMILES string of the molecule is CCCCc1nc(C)sc1C(=O)Nc1cccc2[nH]ccc12. The standard InChI is InChI=1S/C17H19N3OS/c1-3-4-6-15-16(22-11(2)19-15)17(21)20-14-8-5-7-13-12(14)9-10-18-13/h5,7-10,18H,3-4,6H2,1-2H3,(H,20,21). The van der Waals surface area contributed by atoms with Crippen LogP contribution in [0.25, 0.3) is 10.9 Å². The first kappa shape index (κ1) is 14.8. The fourth-order valence-electron chi connectivity index (χ4n) is 2.53. The minimum Gasteiger partial charge on any atom is -0.361 e. The highest BCUT2D eigenvalue weighted by Crippen LogP contribution is 2.25. The zero-order chi connectivity index (χ0) is 15.5. The highest BCUT2D eigenvalue weighted by atomic mass is 32.1. The Morgan fingerprint density at radius 2 is 2.23 bits per heavy atom. The predicted octanol–water partition coefficient (Wildman–Crippen LogP) is 4.53. The number of nitrogens with one attached hydrogen (secondary N) is 2. The average molecular weight is 313 g/mol. The van der Waals surface area contributed by atoms with Crippen LogP contribution < -0.4 is 5.32 Å². The molecule has 2 aromatic heterocycles. The van der Waals surface area contributed by atoms with E-state index < -0.39 is 0 Å². The van der Waals surface area contributed by atoms with Gasteiger partial charge in [-0.1, -0.05) is 19.4 Å². The van der Waals surface area contributed by atoms with Crippen LogP contribution in [0.4, 0.5) is 5.69 Å². The summed E-state index contributed by atoms with van der Waals surface area (Å²) in [5.74, 6) is -0.0644. The van der Waals surface area contributed by atoms with E-state index in [0.717, 1.165) is 51.4 Å². The van der Waals surface area contributed by atoms with Crippen molar-refractivity contribution in [3.63, 3.8) is 0 Å². The number of carbonyl (C=O) groups is 1. The Labute approximate surface area is 133 Å². The number of rotatable bonds is 5. The number of aryl methyl sites for hydroxylation is 2. The Bertz CT molecular complexity index is 803. The maximum absolute atomic E-state index is 12.6. The summed E-state index contributed by atoms with van der Waals surface area (Å²) in [7, 11) is 0. The van der Waals surface area contributed by atoms with Crippen LogP contribution in [0.1, 0.15) is 40.1 Å². The van der Waals surface area contributed by atoms with Gasteiger partial charge in [-0.15, -0.1) is 11.3 Å². The summed E-state index contributed by atoms with van der Waals surface area (Å²) in [6.45, 7) is 4.09. The molecule has 22 heavy (non-hydrogen) atoms. The van der Waals surface area contributed by atoms with Gasteiger partial charge in [-0.25, -0.2) is 4.98 Å². The second-order valence-electron chi connectivity index (χ2n) is 5.31. The number of aromatic nitrogens is 2. The molecule has 0 aliphatic carbocycles. The van der Waals surface area contributed by atoms with Crippen LogP contribution in [-0.2, 0) is 6.42 Å². The molecular weight excluding hydrogens is 294 g/mol. The minimum absolute atomic E-state index is 0.0644. The number of nitrogens with zero attached hydrogens (tertiary/aromatic N) is 1. The van der Waals surface area contributed by atoms with Crippen molar-refractivity contribution >= 4 is 33.8 Å². The van der Waals surface area contributed by atoms with Gasteiger partial charge in [0.05, 0.1) is 16.4 Å². The van der Waals surface area contributed by atoms with Gasteiger partial charge in [0.1, 0.15) is 4.88 Å². The summed E-state index contributed by atoms with van der Waals surface area (Å²) in [6.07, 6.45) is 4.89. The van der Waals surface area contributed by atoms with Gasteiger partial charge < -0.3 is 10.3 Å². The zero-order valence-electron chi connectivity index (χ0n) is 12.8. The molecule has 0 spiro atoms. The molecule has 4 nitrogen and oxygen atoms in total. The van der Waals surface area contributed by atoms with Crippen LogP contribution in [0.5, 0.6) is 0 Å². The third kappa shape index (κ3) is 2.90. The van der Waals surface area contributed by atoms with Crippen LogP contribution in [0, 0.1) is 6.92 Å². The van der Waals surface area contributed by atoms with E-state index in [1.807, 2.05) is 37.4 Å². The smallest absolute Gasteiger partial charge is 0.267 e. The van der Waals surface area contributed by atoms with E-state index in [9.17, 15) is 4.79 Å². The Morgan fingerprint density at radius 3 is 3.05 bits per heavy atom. The second-order valence-corrected chi connectivity index (χ2v) is 6.51. The molecule has 2 N–H and O–H groups in total. The molecule has 5 heteroatoms. The van der Waals surface area contributed by atoms with E-state index >= 15 is 0 Å². The van der Waals surface area contributed by atoms with Crippen LogP contribution in [0.15, 0.2) is 30.5 Å². The van der Waals surface area contributed by atoms with E-state index in [1.54, 1.807) is 0 Å². The number of benzene rings is 1. The Kier molecular flexibility index (Phi) is 4.24. The molecule has 0 unspecified atom stereocenters. The Balaban J connectivity index is 1.87. The van der Waals surface area contributed by atoms with Crippen molar-refractivity contribution in [2.45, 2.75) is 33.1 Å². The molecule has 0 saturated carbocycles. The summed E-state index contributed by atoms with van der Waals surface area (Å²) < 4.78 is 0. The Morgan fingerprint density at radius 1 is 1.36 bits per heavy atom. The zero-order valence-corrected chi connectivity index (χ0v) is 13.6. The molecule has 0 aliphatic heterocycles. The van der Waals surface area contributed by atoms with Gasteiger partial charge in [0.15, 0.2) is 0 Å². The molecule has 0 saturated heterocycles. The fourth-order valence-corrected chi connectivity index (χ4v) is 3.40. The number of hydrogen-bond acceptors (Lipinski definition) is 3. The number of thiazole rings is 1. The molecule has 0 fully saturated rings. The topological polar surface area (TPSA) is 57.8 Å². The number of carbonyl (C=O) groups excluding carboxylic acids is 1. The largest absolute Gasteiger partial charge is 0.361 e. The molecule has 114 valence electrons. The van der Waals surface area contributed by atoms with Crippen molar-refractivity contribution in [1.82, 2.24) is 9.97 Å². The number of aromatic amines is 1. The second kappa shape index (κ2) is 6.32. The lowest BCUT2D eigenvalue weighted by atomic mass is 10.1. The summed E-state index contributed by atoms with van der Waals surface area (Å²) in [4.78, 5) is 21.0. The van der Waals surface area contributed by atoms with Crippen LogP contribution in [0.3, 0.4) is 0 Å². The molecule has 2 heterocycles. The van der Waals surface area contributed by atoms with E-state index in [-0.39, 0.29) is 5.91 Å². The lowest BCUT2D eigenvalue weighted by Gasteiger charge is -2.06. The van der Waals surface area contributed by atoms with E-state index in [4.69, 9.17) is 0 Å². The van der Waals surface area contributed by atoms with Gasteiger partial charge in [0, 0.05) is 17.1 Å². The molecular formula is C17H19N3OS. The van der Waals surface area contributed by atoms with Crippen molar-refractivity contribution in [3.8, 4) is 0 Å². The lowest BCUT2D eigenvalue weighted by molar-refractivity contribution is 0.102. The first-order valence-electron chi connectivity index (χ1n) is 7.52. The third-order valence-electron chi connectivity index (χ3n) is 3.62. The summed E-state index contributed by atoms with van der Waals surface area (Å²) in [5.41, 5.74) is 2.77. The highest BCUT2D eigenvalue weighted by molar-refractivity contribution is 7.13. The van der Waals surface area contributed by atoms with Crippen molar-refractivity contribution in [1.29, 1.82) is 0 Å². The molecule has 0 aliphatic rings. The minimum atomic E-state index is -0.0644. The van der Waals surface area contributed by atoms with Crippen LogP contribution in [0.2, 0.25) is 0 Å². The van der Waals surface area contributed by atoms with Gasteiger partial charge in [-0.3, -0.25) is 4.79 Å². The number of amides is 1. The number of unbranched alkanes of at least 4 members (excludes halogenated alkanes) is 1. The summed E-state index contributed by atoms with van der Waals surface area (Å²) >= 11 is 1.47. The maximum atomic E-state index is 12.6. The first-order chi connectivity index (χ1) is 10.7. The van der Waals surface area contributed by atoms with Crippen molar-refractivity contribution < 1.29 is 4.79 Å². The van der Waals surface area contributed by atoms with E-state index in [2.05, 4.69) is 22.2 Å². The predicted molar refractivity (Wildman–Crippen MR) is 91.7 cm³/mol. The number of anilines is 1. The highest BCUT2D eigenvalue weighted by Gasteiger charge is 2.17. The molecule has 0 radical (unpaired) electrons. The first-order valence-corrected chi connectivity index (χ1v) is 8.34. The molecule has 1 amide bonds. The average Bonchev–Trinajstić information content (AvgIpc) is 3.12. The van der Waals surface area contributed by atoms with Crippen LogP contribution in [-0.4, -0.2) is 15.9 Å². The maximum Gasteiger partial charge on any atom is 0.267 e. The number of fused-ring (bicyclic) bond motifs is 1. The quantitative estimate of drug-likeness (QED) is 0.727. The molecule has 3 rings (SSSR count). The van der Waals surface area contributed by atoms with Crippen molar-refractivity contribution in [3.05, 3.63) is 46.0 Å². The summed E-state index contributed by atoms with van der Waals surface area (Å²) in [6, 6.07) is 7.83. The van der Waals surface area contributed by atoms with Gasteiger partial charge in [-0.2, -0.15) is 0 Å². The summed E-state index contributed by atoms with van der Waals surface area (Å²) in [5, 5.41) is 4.99. The lowest BCUT2D eigenvalue weighted by Crippen LogP contribution is -2.12. The van der Waals surface area contributed by atoms with Crippen molar-refractivity contribution in [2.75, 3.05) is 5.32 Å². The van der Waals surface area contributed by atoms with Gasteiger partial charge in [-0.05, 0) is 38.0 Å². The number of H-pyrrole nitrogens is 1. The Hall–Kier alpha value is -2.14. The van der Waals surface area contributed by atoms with E-state index in [1.165, 1.54) is 11.3 Å². The monoisotopic (exact) mass is 313 g/mol. The normalized spacial score (nSPS) is 11.0. The number of hydrogen-bond donors (Lipinski definition) is 2. The van der Waals surface area contributed by atoms with Gasteiger partial charge in [0.25, 0.3) is 5.91 Å². The van der Waals surface area contributed by atoms with Crippen molar-refractivity contribution in [2.24, 2.45) is 0 Å². The molecule has 3 aromatic rings. The molecule has 1 aromatic carbocycles. The van der Waals surface area contributed by atoms with Crippen LogP contribution >= 0.6 is 11.3 Å². The molecule has 0 atom stereocenters. The third-order valence-corrected chi connectivity index (χ3v) is 4.63. The molecule has 0 bridgehead atoms.